The summed E-state index contributed by atoms with van der Waals surface area (Å²) < 4.78 is 0. The van der Waals surface area contributed by atoms with E-state index in [4.69, 9.17) is 11.0 Å². The Labute approximate surface area is 83.7 Å². The summed E-state index contributed by atoms with van der Waals surface area (Å²) in [5.74, 6) is 0. The number of nitrogens with two attached hydrogens (primary N) is 1. The lowest BCUT2D eigenvalue weighted by molar-refractivity contribution is 0.983. The highest BCUT2D eigenvalue weighted by Gasteiger charge is 2.08. The first kappa shape index (κ1) is 8.83. The van der Waals surface area contributed by atoms with E-state index in [1.54, 1.807) is 0 Å². The number of rotatable bonds is 1. The first-order valence-electron chi connectivity index (χ1n) is 4.76. The molecule has 14 heavy (non-hydrogen) atoms. The van der Waals surface area contributed by atoms with Crippen LogP contribution in [0, 0.1) is 11.3 Å². The predicted molar refractivity (Wildman–Crippen MR) is 57.5 cm³/mol. The smallest absolute Gasteiger partial charge is 0.0670 e. The fraction of sp³-hybridized carbons (Fsp3) is 0.250. The van der Waals surface area contributed by atoms with Gasteiger partial charge in [-0.1, -0.05) is 12.2 Å². The summed E-state index contributed by atoms with van der Waals surface area (Å²) in [5.41, 5.74) is 10.1. The number of benzene rings is 1. The Hall–Kier alpha value is -1.75. The zero-order valence-electron chi connectivity index (χ0n) is 7.96. The van der Waals surface area contributed by atoms with Gasteiger partial charge >= 0.3 is 0 Å². The standard InChI is InChI=1S/C12H12N2/c13-6-5-11-7-9-3-1-2-4-10(9)8-12(11)14/h1,3,7-8H,2,4-5,14H2. The van der Waals surface area contributed by atoms with Crippen LogP contribution in [0.5, 0.6) is 0 Å². The third-order valence-corrected chi connectivity index (χ3v) is 2.55. The van der Waals surface area contributed by atoms with Crippen molar-refractivity contribution in [2.45, 2.75) is 19.3 Å². The van der Waals surface area contributed by atoms with Gasteiger partial charge in [-0.05, 0) is 41.7 Å². The average Bonchev–Trinajstić information content (AvgIpc) is 2.19. The van der Waals surface area contributed by atoms with Gasteiger partial charge < -0.3 is 5.73 Å². The molecule has 70 valence electrons. The lowest BCUT2D eigenvalue weighted by Crippen LogP contribution is -2.00. The quantitative estimate of drug-likeness (QED) is 0.681. The molecule has 1 aliphatic rings. The second kappa shape index (κ2) is 3.55. The zero-order valence-corrected chi connectivity index (χ0v) is 7.96. The molecule has 0 aliphatic heterocycles. The van der Waals surface area contributed by atoms with Crippen molar-refractivity contribution >= 4 is 11.8 Å². The Bertz CT molecular complexity index is 425. The van der Waals surface area contributed by atoms with E-state index in [0.717, 1.165) is 24.1 Å². The molecule has 0 radical (unpaired) electrons. The van der Waals surface area contributed by atoms with E-state index in [0.29, 0.717) is 6.42 Å². The summed E-state index contributed by atoms with van der Waals surface area (Å²) in [7, 11) is 0. The molecule has 2 heteroatoms. The van der Waals surface area contributed by atoms with Gasteiger partial charge in [0.05, 0.1) is 12.5 Å². The third-order valence-electron chi connectivity index (χ3n) is 2.55. The molecule has 2 nitrogen and oxygen atoms in total. The van der Waals surface area contributed by atoms with Crippen LogP contribution in [0.1, 0.15) is 23.1 Å². The lowest BCUT2D eigenvalue weighted by Gasteiger charge is -2.13. The number of allylic oxidation sites excluding steroid dienone is 1. The SMILES string of the molecule is N#CCc1cc2c(cc1N)CCC=C2. The number of hydrogen-bond acceptors (Lipinski definition) is 2. The molecule has 0 amide bonds. The van der Waals surface area contributed by atoms with E-state index < -0.39 is 0 Å². The van der Waals surface area contributed by atoms with Gasteiger partial charge in [-0.15, -0.1) is 0 Å². The van der Waals surface area contributed by atoms with Gasteiger partial charge in [-0.2, -0.15) is 5.26 Å². The second-order valence-electron chi connectivity index (χ2n) is 3.53. The molecule has 0 fully saturated rings. The zero-order chi connectivity index (χ0) is 9.97. The average molecular weight is 184 g/mol. The molecule has 2 N–H and O–H groups in total. The van der Waals surface area contributed by atoms with Crippen LogP contribution < -0.4 is 5.73 Å². The summed E-state index contributed by atoms with van der Waals surface area (Å²) in [6.45, 7) is 0. The molecule has 0 atom stereocenters. The molecule has 2 rings (SSSR count). The summed E-state index contributed by atoms with van der Waals surface area (Å²) in [5, 5.41) is 8.62. The van der Waals surface area contributed by atoms with Crippen molar-refractivity contribution in [1.29, 1.82) is 5.26 Å². The molecule has 1 aromatic rings. The van der Waals surface area contributed by atoms with Gasteiger partial charge in [-0.25, -0.2) is 0 Å². The monoisotopic (exact) mass is 184 g/mol. The minimum Gasteiger partial charge on any atom is -0.398 e. The minimum atomic E-state index is 0.396. The largest absolute Gasteiger partial charge is 0.398 e. The van der Waals surface area contributed by atoms with Crippen LogP contribution in [0.3, 0.4) is 0 Å². The minimum absolute atomic E-state index is 0.396. The van der Waals surface area contributed by atoms with E-state index in [9.17, 15) is 0 Å². The number of hydrogen-bond donors (Lipinski definition) is 1. The molecule has 1 aromatic carbocycles. The molecular formula is C12H12N2. The first-order valence-corrected chi connectivity index (χ1v) is 4.76. The Balaban J connectivity index is 2.48. The molecule has 0 saturated carbocycles. The molecule has 0 aromatic heterocycles. The number of anilines is 1. The fourth-order valence-corrected chi connectivity index (χ4v) is 1.79. The van der Waals surface area contributed by atoms with Crippen LogP contribution in [0.15, 0.2) is 18.2 Å². The Kier molecular flexibility index (Phi) is 2.24. The Morgan fingerprint density at radius 3 is 3.07 bits per heavy atom. The second-order valence-corrected chi connectivity index (χ2v) is 3.53. The van der Waals surface area contributed by atoms with Gasteiger partial charge in [-0.3, -0.25) is 0 Å². The lowest BCUT2D eigenvalue weighted by atomic mass is 9.94. The van der Waals surface area contributed by atoms with Crippen LogP contribution in [0.25, 0.3) is 6.08 Å². The Morgan fingerprint density at radius 2 is 2.29 bits per heavy atom. The summed E-state index contributed by atoms with van der Waals surface area (Å²) in [6.07, 6.45) is 6.81. The Morgan fingerprint density at radius 1 is 1.43 bits per heavy atom. The van der Waals surface area contributed by atoms with Crippen molar-refractivity contribution in [3.63, 3.8) is 0 Å². The van der Waals surface area contributed by atoms with Crippen molar-refractivity contribution < 1.29 is 0 Å². The van der Waals surface area contributed by atoms with Crippen molar-refractivity contribution in [3.8, 4) is 6.07 Å². The summed E-state index contributed by atoms with van der Waals surface area (Å²) >= 11 is 0. The molecule has 0 unspecified atom stereocenters. The van der Waals surface area contributed by atoms with Crippen LogP contribution in [-0.2, 0) is 12.8 Å². The fourth-order valence-electron chi connectivity index (χ4n) is 1.79. The number of nitrogens with zero attached hydrogens (tertiary/aromatic N) is 1. The van der Waals surface area contributed by atoms with Crippen molar-refractivity contribution in [2.75, 3.05) is 5.73 Å². The van der Waals surface area contributed by atoms with Gasteiger partial charge in [0.25, 0.3) is 0 Å². The predicted octanol–water partition coefficient (Wildman–Crippen LogP) is 2.29. The number of nitriles is 1. The molecular weight excluding hydrogens is 172 g/mol. The van der Waals surface area contributed by atoms with Crippen LogP contribution in [-0.4, -0.2) is 0 Å². The normalized spacial score (nSPS) is 13.4. The topological polar surface area (TPSA) is 49.8 Å². The maximum Gasteiger partial charge on any atom is 0.0670 e. The third kappa shape index (κ3) is 1.49. The summed E-state index contributed by atoms with van der Waals surface area (Å²) in [4.78, 5) is 0. The van der Waals surface area contributed by atoms with Gasteiger partial charge in [0, 0.05) is 5.69 Å². The van der Waals surface area contributed by atoms with E-state index in [1.165, 1.54) is 11.1 Å². The molecule has 0 saturated heterocycles. The first-order chi connectivity index (χ1) is 6.81. The van der Waals surface area contributed by atoms with Crippen LogP contribution in [0.2, 0.25) is 0 Å². The van der Waals surface area contributed by atoms with Gasteiger partial charge in [0.2, 0.25) is 0 Å². The van der Waals surface area contributed by atoms with Crippen LogP contribution in [0.4, 0.5) is 5.69 Å². The van der Waals surface area contributed by atoms with E-state index in [1.807, 2.05) is 12.1 Å². The van der Waals surface area contributed by atoms with E-state index in [2.05, 4.69) is 18.2 Å². The van der Waals surface area contributed by atoms with Crippen molar-refractivity contribution in [1.82, 2.24) is 0 Å². The van der Waals surface area contributed by atoms with Crippen LogP contribution >= 0.6 is 0 Å². The molecule has 0 spiro atoms. The number of fused-ring (bicyclic) bond motifs is 1. The summed E-state index contributed by atoms with van der Waals surface area (Å²) in [6, 6.07) is 6.16. The number of nitrogen functional groups attached to an aromatic ring is 1. The molecule has 0 heterocycles. The molecule has 0 bridgehead atoms. The number of aryl methyl sites for hydroxylation is 1. The molecule has 1 aliphatic carbocycles. The highest BCUT2D eigenvalue weighted by molar-refractivity contribution is 5.64. The van der Waals surface area contributed by atoms with Gasteiger partial charge in [0.1, 0.15) is 0 Å². The van der Waals surface area contributed by atoms with E-state index in [-0.39, 0.29) is 0 Å². The van der Waals surface area contributed by atoms with E-state index >= 15 is 0 Å². The maximum atomic E-state index is 8.62. The van der Waals surface area contributed by atoms with Gasteiger partial charge in [0.15, 0.2) is 0 Å². The van der Waals surface area contributed by atoms with Crippen molar-refractivity contribution in [2.24, 2.45) is 0 Å². The van der Waals surface area contributed by atoms with Crippen molar-refractivity contribution in [3.05, 3.63) is 34.9 Å². The maximum absolute atomic E-state index is 8.62. The highest BCUT2D eigenvalue weighted by Crippen LogP contribution is 2.25. The highest BCUT2D eigenvalue weighted by atomic mass is 14.6.